The Balaban J connectivity index is 1.68. The number of phenolic OH excluding ortho intramolecular Hbond substituents is 1. The molecule has 0 aromatic heterocycles. The largest absolute Gasteiger partial charge is 0.504 e. The predicted molar refractivity (Wildman–Crippen MR) is 113 cm³/mol. The van der Waals surface area contributed by atoms with Crippen molar-refractivity contribution in [2.24, 2.45) is 16.3 Å². The van der Waals surface area contributed by atoms with Crippen LogP contribution in [-0.2, 0) is 16.6 Å². The van der Waals surface area contributed by atoms with Gasteiger partial charge in [0.15, 0.2) is 11.5 Å². The molecule has 7 atom stereocenters. The van der Waals surface area contributed by atoms with Crippen LogP contribution in [0.5, 0.6) is 11.5 Å². The van der Waals surface area contributed by atoms with E-state index in [9.17, 15) is 5.11 Å². The average molecular weight is 411 g/mol. The second kappa shape index (κ2) is 5.50. The summed E-state index contributed by atoms with van der Waals surface area (Å²) in [4.78, 5) is 6.99. The Morgan fingerprint density at radius 2 is 2.24 bits per heavy atom. The van der Waals surface area contributed by atoms with E-state index in [1.54, 1.807) is 13.2 Å². The van der Waals surface area contributed by atoms with Crippen molar-refractivity contribution < 1.29 is 14.6 Å². The summed E-state index contributed by atoms with van der Waals surface area (Å²) in [5.74, 6) is 1.06. The zero-order chi connectivity index (χ0) is 20.2. The molecule has 4 bridgehead atoms. The lowest BCUT2D eigenvalue weighted by molar-refractivity contribution is -0.216. The normalized spacial score (nSPS) is 44.0. The monoisotopic (exact) mass is 410 g/mol. The van der Waals surface area contributed by atoms with Gasteiger partial charge in [-0.1, -0.05) is 18.2 Å². The molecule has 6 heteroatoms. The number of likely N-dealkylation sites (N-methyl/N-ethyl adjacent to an activating group) is 1. The number of likely N-dealkylation sites (tertiary alicyclic amines) is 1. The molecule has 4 aliphatic carbocycles. The zero-order valence-electron chi connectivity index (χ0n) is 17.0. The van der Waals surface area contributed by atoms with Crippen LogP contribution in [0, 0.1) is 11.3 Å². The topological polar surface area (TPSA) is 54.3 Å². The van der Waals surface area contributed by atoms with Crippen LogP contribution in [0.3, 0.4) is 0 Å². The third-order valence-electron chi connectivity index (χ3n) is 8.96. The molecule has 1 aromatic carbocycles. The minimum atomic E-state index is -0.600. The minimum absolute atomic E-state index is 0.0139. The van der Waals surface area contributed by atoms with E-state index in [1.807, 2.05) is 0 Å². The van der Waals surface area contributed by atoms with Crippen molar-refractivity contribution in [3.05, 3.63) is 35.4 Å². The summed E-state index contributed by atoms with van der Waals surface area (Å²) in [5.41, 5.74) is 1.72. The number of aromatic hydroxyl groups is 1. The molecule has 0 amide bonds. The van der Waals surface area contributed by atoms with E-state index in [0.29, 0.717) is 11.8 Å². The van der Waals surface area contributed by atoms with Crippen LogP contribution in [0.4, 0.5) is 0 Å². The summed E-state index contributed by atoms with van der Waals surface area (Å²) < 4.78 is 13.0. The van der Waals surface area contributed by atoms with Gasteiger partial charge < -0.3 is 19.5 Å². The van der Waals surface area contributed by atoms with Gasteiger partial charge in [0, 0.05) is 30.0 Å². The van der Waals surface area contributed by atoms with Gasteiger partial charge in [-0.2, -0.15) is 0 Å². The van der Waals surface area contributed by atoms with Crippen LogP contribution in [0.15, 0.2) is 29.3 Å². The molecule has 2 spiro atoms. The maximum atomic E-state index is 10.7. The second-order valence-electron chi connectivity index (χ2n) is 9.57. The van der Waals surface area contributed by atoms with Crippen LogP contribution >= 0.6 is 12.2 Å². The number of thiocarbonyl (C=S) groups is 1. The number of ether oxygens (including phenoxy) is 2. The molecule has 29 heavy (non-hydrogen) atoms. The van der Waals surface area contributed by atoms with E-state index in [4.69, 9.17) is 21.7 Å². The van der Waals surface area contributed by atoms with Gasteiger partial charge in [-0.15, -0.1) is 0 Å². The first kappa shape index (κ1) is 18.1. The third kappa shape index (κ3) is 1.74. The smallest absolute Gasteiger partial charge is 0.165 e. The zero-order valence-corrected chi connectivity index (χ0v) is 17.8. The van der Waals surface area contributed by atoms with Crippen molar-refractivity contribution in [1.29, 1.82) is 0 Å². The lowest BCUT2D eigenvalue weighted by Gasteiger charge is -2.71. The number of nitrogens with zero attached hydrogens (tertiary/aromatic N) is 2. The average Bonchev–Trinajstić information content (AvgIpc) is 3.09. The first-order chi connectivity index (χ1) is 13.9. The van der Waals surface area contributed by atoms with Crippen molar-refractivity contribution in [3.63, 3.8) is 0 Å². The van der Waals surface area contributed by atoms with Gasteiger partial charge in [-0.05, 0) is 63.6 Å². The number of phenols is 1. The highest BCUT2D eigenvalue weighted by molar-refractivity contribution is 7.78. The van der Waals surface area contributed by atoms with E-state index in [-0.39, 0.29) is 34.6 Å². The van der Waals surface area contributed by atoms with Crippen molar-refractivity contribution in [1.82, 2.24) is 4.90 Å². The highest BCUT2D eigenvalue weighted by atomic mass is 32.1. The highest BCUT2D eigenvalue weighted by Crippen LogP contribution is 2.74. The highest BCUT2D eigenvalue weighted by Gasteiger charge is 2.79. The van der Waals surface area contributed by atoms with Crippen LogP contribution in [-0.4, -0.2) is 59.7 Å². The van der Waals surface area contributed by atoms with E-state index < -0.39 is 5.60 Å². The van der Waals surface area contributed by atoms with Gasteiger partial charge in [0.2, 0.25) is 0 Å². The molecule has 152 valence electrons. The number of rotatable bonds is 3. The van der Waals surface area contributed by atoms with Gasteiger partial charge in [-0.25, -0.2) is 4.99 Å². The summed E-state index contributed by atoms with van der Waals surface area (Å²) in [5, 5.41) is 13.3. The Morgan fingerprint density at radius 1 is 1.41 bits per heavy atom. The first-order valence-electron chi connectivity index (χ1n) is 10.5. The quantitative estimate of drug-likeness (QED) is 0.471. The first-order valence-corrected chi connectivity index (χ1v) is 10.9. The summed E-state index contributed by atoms with van der Waals surface area (Å²) in [6, 6.07) is 4.27. The van der Waals surface area contributed by atoms with E-state index in [0.717, 1.165) is 25.8 Å². The molecule has 6 aliphatic rings. The van der Waals surface area contributed by atoms with Crippen LogP contribution in [0.1, 0.15) is 30.9 Å². The third-order valence-corrected chi connectivity index (χ3v) is 9.07. The van der Waals surface area contributed by atoms with Gasteiger partial charge in [0.1, 0.15) is 11.7 Å². The molecule has 1 aromatic rings. The van der Waals surface area contributed by atoms with Gasteiger partial charge in [-0.3, -0.25) is 0 Å². The number of benzene rings is 1. The Kier molecular flexibility index (Phi) is 3.43. The standard InChI is InChI=1S/C23H26N2O3S/c1-13(24-12-29)15-11-21-6-7-23(15,27-3)20-22(21)8-9-25(2)17(21)10-14-4-5-16(26)19(28-20)18(14)22/h4-7,13,15,17,20,26H,8-11H2,1-3H3/t13-,15?,17+,20+,21+,22-,23+/m0/s1. The Morgan fingerprint density at radius 3 is 3.00 bits per heavy atom. The van der Waals surface area contributed by atoms with Crippen molar-refractivity contribution >= 4 is 17.4 Å². The number of hydrogen-bond donors (Lipinski definition) is 1. The molecule has 1 N–H and O–H groups in total. The molecule has 1 unspecified atom stereocenters. The molecule has 2 aliphatic heterocycles. The SMILES string of the molecule is CO[C@]12C=C[C@@]3(CC1[C@H](C)N=C=S)[C@H]1Cc4ccc(O)c5c4[C@@]3(CCN1C)[C@H]2O5. The number of methoxy groups -OCH3 is 1. The summed E-state index contributed by atoms with van der Waals surface area (Å²) >= 11 is 4.94. The lowest BCUT2D eigenvalue weighted by Crippen LogP contribution is -2.79. The van der Waals surface area contributed by atoms with Crippen molar-refractivity contribution in [2.75, 3.05) is 20.7 Å². The molecular weight excluding hydrogens is 384 g/mol. The van der Waals surface area contributed by atoms with Crippen molar-refractivity contribution in [3.8, 4) is 11.5 Å². The van der Waals surface area contributed by atoms with Gasteiger partial charge in [0.25, 0.3) is 0 Å². The van der Waals surface area contributed by atoms with Crippen LogP contribution in [0.25, 0.3) is 0 Å². The fourth-order valence-electron chi connectivity index (χ4n) is 7.83. The van der Waals surface area contributed by atoms with E-state index in [1.165, 1.54) is 11.1 Å². The molecule has 2 heterocycles. The van der Waals surface area contributed by atoms with Crippen LogP contribution < -0.4 is 4.74 Å². The Bertz CT molecular complexity index is 1000. The summed E-state index contributed by atoms with van der Waals surface area (Å²) in [6.07, 6.45) is 7.45. The fourth-order valence-corrected chi connectivity index (χ4v) is 8.00. The van der Waals surface area contributed by atoms with Crippen molar-refractivity contribution in [2.45, 2.75) is 55.4 Å². The molecule has 1 saturated carbocycles. The maximum Gasteiger partial charge on any atom is 0.165 e. The molecule has 7 rings (SSSR count). The van der Waals surface area contributed by atoms with E-state index >= 15 is 0 Å². The number of aliphatic imine (C=N–C) groups is 1. The fraction of sp³-hybridized carbons (Fsp3) is 0.609. The maximum absolute atomic E-state index is 10.7. The summed E-state index contributed by atoms with van der Waals surface area (Å²) in [6.45, 7) is 3.13. The number of fused-ring (bicyclic) bond motifs is 1. The van der Waals surface area contributed by atoms with Gasteiger partial charge >= 0.3 is 0 Å². The Hall–Kier alpha value is -1.72. The molecule has 5 nitrogen and oxygen atoms in total. The van der Waals surface area contributed by atoms with Crippen LogP contribution in [0.2, 0.25) is 0 Å². The lowest BCUT2D eigenvalue weighted by atomic mass is 9.36. The molecular formula is C23H26N2O3S. The summed E-state index contributed by atoms with van der Waals surface area (Å²) in [7, 11) is 4.03. The molecule has 1 saturated heterocycles. The Labute approximate surface area is 176 Å². The number of hydrogen-bond acceptors (Lipinski definition) is 6. The number of isothiocyanates is 1. The van der Waals surface area contributed by atoms with E-state index in [2.05, 4.69) is 47.2 Å². The van der Waals surface area contributed by atoms with Gasteiger partial charge in [0.05, 0.1) is 16.6 Å². The molecule has 2 fully saturated rings. The second-order valence-corrected chi connectivity index (χ2v) is 9.75. The minimum Gasteiger partial charge on any atom is -0.504 e. The molecule has 0 radical (unpaired) electrons. The predicted octanol–water partition coefficient (Wildman–Crippen LogP) is 3.10. The number of piperidine rings is 1.